The average molecular weight is 1040 g/mol. The zero-order chi connectivity index (χ0) is 53.2. The van der Waals surface area contributed by atoms with Crippen LogP contribution in [-0.2, 0) is 23.7 Å². The molecule has 1 amide bonds. The van der Waals surface area contributed by atoms with Crippen molar-refractivity contribution in [3.8, 4) is 0 Å². The number of aliphatic hydroxyl groups is 8. The molecule has 2 rings (SSSR count). The van der Waals surface area contributed by atoms with E-state index in [1.165, 1.54) is 167 Å². The van der Waals surface area contributed by atoms with Crippen LogP contribution in [0.2, 0.25) is 0 Å². The normalized spacial score (nSPS) is 25.4. The molecule has 12 atom stereocenters. The Morgan fingerprint density at radius 1 is 0.479 bits per heavy atom. The van der Waals surface area contributed by atoms with Gasteiger partial charge in [0, 0.05) is 6.42 Å². The van der Waals surface area contributed by atoms with Crippen LogP contribution in [0.25, 0.3) is 0 Å². The molecule has 0 aromatic rings. The lowest BCUT2D eigenvalue weighted by atomic mass is 9.97. The lowest BCUT2D eigenvalue weighted by Crippen LogP contribution is -2.65. The van der Waals surface area contributed by atoms with Crippen molar-refractivity contribution in [1.29, 1.82) is 0 Å². The third-order valence-electron chi connectivity index (χ3n) is 15.2. The fraction of sp³-hybridized carbons (Fsp3) is 0.949. The predicted octanol–water partition coefficient (Wildman–Crippen LogP) is 10.3. The molecule has 2 saturated heterocycles. The van der Waals surface area contributed by atoms with Crippen LogP contribution < -0.4 is 5.32 Å². The minimum Gasteiger partial charge on any atom is -0.394 e. The van der Waals surface area contributed by atoms with Gasteiger partial charge in [0.15, 0.2) is 12.6 Å². The summed E-state index contributed by atoms with van der Waals surface area (Å²) in [4.78, 5) is 13.2. The molecule has 0 radical (unpaired) electrons. The molecule has 9 N–H and O–H groups in total. The van der Waals surface area contributed by atoms with Crippen molar-refractivity contribution in [2.24, 2.45) is 0 Å². The number of carbonyl (C=O) groups excluding carboxylic acids is 1. The summed E-state index contributed by atoms with van der Waals surface area (Å²) in [6.07, 6.45) is 35.2. The first kappa shape index (κ1) is 67.8. The minimum atomic E-state index is -1.78. The maximum absolute atomic E-state index is 13.2. The van der Waals surface area contributed by atoms with Crippen LogP contribution in [0.5, 0.6) is 0 Å². The van der Waals surface area contributed by atoms with Gasteiger partial charge in [-0.15, -0.1) is 0 Å². The molecule has 2 heterocycles. The van der Waals surface area contributed by atoms with E-state index in [9.17, 15) is 45.6 Å². The smallest absolute Gasteiger partial charge is 0.220 e. The van der Waals surface area contributed by atoms with Gasteiger partial charge in [0.05, 0.1) is 32.0 Å². The van der Waals surface area contributed by atoms with Gasteiger partial charge in [0.1, 0.15) is 48.8 Å². The van der Waals surface area contributed by atoms with Crippen molar-refractivity contribution >= 4 is 5.91 Å². The van der Waals surface area contributed by atoms with E-state index in [-0.39, 0.29) is 12.5 Å². The second-order valence-corrected chi connectivity index (χ2v) is 21.8. The molecule has 14 nitrogen and oxygen atoms in total. The number of rotatable bonds is 49. The van der Waals surface area contributed by atoms with Gasteiger partial charge >= 0.3 is 0 Å². The monoisotopic (exact) mass is 1040 g/mol. The molecule has 0 bridgehead atoms. The van der Waals surface area contributed by atoms with Crippen LogP contribution >= 0.6 is 0 Å². The molecule has 12 unspecified atom stereocenters. The zero-order valence-electron chi connectivity index (χ0n) is 46.4. The second kappa shape index (κ2) is 45.7. The van der Waals surface area contributed by atoms with Crippen LogP contribution in [0.1, 0.15) is 264 Å². The Bertz CT molecular complexity index is 1280. The Labute approximate surface area is 444 Å². The maximum atomic E-state index is 13.2. The number of aliphatic hydroxyl groups excluding tert-OH is 8. The molecule has 0 spiro atoms. The maximum Gasteiger partial charge on any atom is 0.220 e. The largest absolute Gasteiger partial charge is 0.394 e. The van der Waals surface area contributed by atoms with Crippen molar-refractivity contribution < 1.29 is 64.6 Å². The topological polar surface area (TPSA) is 228 Å². The number of allylic oxidation sites excluding steroid dienone is 2. The molecule has 2 aliphatic rings. The third-order valence-corrected chi connectivity index (χ3v) is 15.2. The summed E-state index contributed by atoms with van der Waals surface area (Å²) in [7, 11) is 0. The fourth-order valence-corrected chi connectivity index (χ4v) is 10.3. The average Bonchev–Trinajstić information content (AvgIpc) is 3.39. The number of hydrogen-bond donors (Lipinski definition) is 9. The molecule has 432 valence electrons. The molecule has 2 fully saturated rings. The fourth-order valence-electron chi connectivity index (χ4n) is 10.3. The summed E-state index contributed by atoms with van der Waals surface area (Å²) >= 11 is 0. The number of nitrogens with one attached hydrogen (secondary N) is 1. The molecular formula is C59H113NO13. The van der Waals surface area contributed by atoms with Crippen LogP contribution in [0, 0.1) is 0 Å². The summed E-state index contributed by atoms with van der Waals surface area (Å²) in [6.45, 7) is 2.85. The third kappa shape index (κ3) is 31.7. The summed E-state index contributed by atoms with van der Waals surface area (Å²) < 4.78 is 22.8. The number of amides is 1. The zero-order valence-corrected chi connectivity index (χ0v) is 46.4. The highest BCUT2D eigenvalue weighted by molar-refractivity contribution is 5.76. The predicted molar refractivity (Wildman–Crippen MR) is 291 cm³/mol. The molecular weight excluding hydrogens is 931 g/mol. The van der Waals surface area contributed by atoms with Gasteiger partial charge in [0.25, 0.3) is 0 Å². The van der Waals surface area contributed by atoms with Crippen molar-refractivity contribution in [3.63, 3.8) is 0 Å². The van der Waals surface area contributed by atoms with Gasteiger partial charge < -0.3 is 65.1 Å². The highest BCUT2D eigenvalue weighted by Gasteiger charge is 2.51. The van der Waals surface area contributed by atoms with Crippen LogP contribution in [0.15, 0.2) is 12.2 Å². The number of unbranched alkanes of at least 4 members (excludes halogenated alkanes) is 34. The number of ether oxygens (including phenoxy) is 4. The quantitative estimate of drug-likeness (QED) is 0.0204. The lowest BCUT2D eigenvalue weighted by molar-refractivity contribution is -0.359. The Kier molecular flexibility index (Phi) is 42.5. The molecule has 14 heteroatoms. The van der Waals surface area contributed by atoms with E-state index in [1.54, 1.807) is 0 Å². The van der Waals surface area contributed by atoms with Gasteiger partial charge in [-0.1, -0.05) is 231 Å². The lowest BCUT2D eigenvalue weighted by Gasteiger charge is -2.46. The van der Waals surface area contributed by atoms with E-state index < -0.39 is 86.8 Å². The Morgan fingerprint density at radius 2 is 0.863 bits per heavy atom. The van der Waals surface area contributed by atoms with Crippen LogP contribution in [0.4, 0.5) is 0 Å². The summed E-state index contributed by atoms with van der Waals surface area (Å²) in [5.41, 5.74) is 0. The van der Waals surface area contributed by atoms with E-state index in [0.717, 1.165) is 64.2 Å². The first-order valence-corrected chi connectivity index (χ1v) is 30.4. The SMILES string of the molecule is CCCCC/C=C\CCCCCCCC(=O)NC(COC1OC(CO)C(OC2OC(CO)C(O)C(O)C2O)C(O)C1O)C(O)CCCCCCCCCCCCCCCCCCCCCCCCCCCCC. The molecule has 73 heavy (non-hydrogen) atoms. The van der Waals surface area contributed by atoms with E-state index in [0.29, 0.717) is 19.3 Å². The Hall–Kier alpha value is -1.27. The number of carbonyl (C=O) groups is 1. The first-order valence-electron chi connectivity index (χ1n) is 30.4. The summed E-state index contributed by atoms with van der Waals surface area (Å²) in [5.74, 6) is -0.214. The highest BCUT2D eigenvalue weighted by atomic mass is 16.7. The van der Waals surface area contributed by atoms with Gasteiger partial charge in [-0.25, -0.2) is 0 Å². The highest BCUT2D eigenvalue weighted by Crippen LogP contribution is 2.30. The molecule has 0 aromatic carbocycles. The number of hydrogen-bond acceptors (Lipinski definition) is 13. The molecule has 0 aromatic heterocycles. The van der Waals surface area contributed by atoms with Crippen LogP contribution in [0.3, 0.4) is 0 Å². The van der Waals surface area contributed by atoms with Crippen molar-refractivity contribution in [2.45, 2.75) is 338 Å². The minimum absolute atomic E-state index is 0.214. The van der Waals surface area contributed by atoms with Gasteiger partial charge in [0.2, 0.25) is 5.91 Å². The Balaban J connectivity index is 1.68. The van der Waals surface area contributed by atoms with Gasteiger partial charge in [-0.05, 0) is 38.5 Å². The van der Waals surface area contributed by atoms with E-state index in [4.69, 9.17) is 18.9 Å². The van der Waals surface area contributed by atoms with Gasteiger partial charge in [-0.2, -0.15) is 0 Å². The van der Waals surface area contributed by atoms with Crippen molar-refractivity contribution in [3.05, 3.63) is 12.2 Å². The molecule has 2 aliphatic heterocycles. The standard InChI is InChI=1S/C59H113NO13/c1-3-5-7-9-11-13-15-17-18-19-20-21-22-23-24-25-26-27-28-29-30-31-32-34-36-38-40-42-48(63)47(60-51(64)43-41-39-37-35-33-16-14-12-10-8-6-4-2)46-70-58-56(69)54(67)57(50(45-62)72-58)73-59-55(68)53(66)52(65)49(44-61)71-59/h12,14,47-50,52-59,61-63,65-69H,3-11,13,15-46H2,1-2H3,(H,60,64)/b14-12-. The molecule has 0 saturated carbocycles. The van der Waals surface area contributed by atoms with Gasteiger partial charge in [-0.3, -0.25) is 4.79 Å². The first-order chi connectivity index (χ1) is 35.6. The Morgan fingerprint density at radius 3 is 1.33 bits per heavy atom. The van der Waals surface area contributed by atoms with E-state index >= 15 is 0 Å². The van der Waals surface area contributed by atoms with E-state index in [2.05, 4.69) is 31.3 Å². The van der Waals surface area contributed by atoms with Crippen molar-refractivity contribution in [1.82, 2.24) is 5.32 Å². The van der Waals surface area contributed by atoms with Crippen molar-refractivity contribution in [2.75, 3.05) is 19.8 Å². The van der Waals surface area contributed by atoms with Crippen LogP contribution in [-0.4, -0.2) is 140 Å². The second-order valence-electron chi connectivity index (χ2n) is 21.8. The molecule has 0 aliphatic carbocycles. The van der Waals surface area contributed by atoms with E-state index in [1.807, 2.05) is 0 Å². The summed E-state index contributed by atoms with van der Waals surface area (Å²) in [6, 6.07) is -0.829. The summed E-state index contributed by atoms with van der Waals surface area (Å²) in [5, 5.41) is 87.2.